The van der Waals surface area contributed by atoms with Crippen LogP contribution in [0.4, 0.5) is 8.78 Å². The van der Waals surface area contributed by atoms with Crippen LogP contribution in [0.1, 0.15) is 22.4 Å². The minimum Gasteiger partial charge on any atom is -0.475 e. The number of aromatic nitrogens is 1. The maximum atomic E-state index is 14.4. The van der Waals surface area contributed by atoms with Crippen LogP contribution in [0.2, 0.25) is 0 Å². The lowest BCUT2D eigenvalue weighted by molar-refractivity contribution is 0.0880. The number of carbonyl (C=O) groups is 1. The summed E-state index contributed by atoms with van der Waals surface area (Å²) in [7, 11) is -3.38. The molecular weight excluding hydrogens is 502 g/mol. The monoisotopic (exact) mass is 516 g/mol. The Balaban J connectivity index is 1.93. The summed E-state index contributed by atoms with van der Waals surface area (Å²) in [5.41, 5.74) is 4.78. The highest BCUT2D eigenvalue weighted by Crippen LogP contribution is 2.33. The number of nitrogens with zero attached hydrogens (tertiary/aromatic N) is 1. The predicted molar refractivity (Wildman–Crippen MR) is 108 cm³/mol. The van der Waals surface area contributed by atoms with Crippen LogP contribution in [0.3, 0.4) is 0 Å². The molecule has 1 atom stereocenters. The van der Waals surface area contributed by atoms with E-state index in [-0.39, 0.29) is 21.1 Å². The van der Waals surface area contributed by atoms with Crippen molar-refractivity contribution in [1.82, 2.24) is 4.98 Å². The first kappa shape index (κ1) is 22.8. The molecular formula is C19H15BrF2N2O6S. The highest BCUT2D eigenvalue weighted by Gasteiger charge is 2.26. The van der Waals surface area contributed by atoms with Crippen LogP contribution < -0.4 is 10.5 Å². The minimum absolute atomic E-state index is 0.115. The van der Waals surface area contributed by atoms with Crippen LogP contribution in [-0.2, 0) is 9.84 Å². The van der Waals surface area contributed by atoms with Crippen LogP contribution in [0.5, 0.6) is 5.75 Å². The molecule has 1 unspecified atom stereocenters. The number of nitrogens with two attached hydrogens (primary N) is 1. The van der Waals surface area contributed by atoms with Gasteiger partial charge in [-0.25, -0.2) is 22.2 Å². The van der Waals surface area contributed by atoms with E-state index < -0.39 is 51.4 Å². The molecule has 0 aliphatic carbocycles. The summed E-state index contributed by atoms with van der Waals surface area (Å²) in [4.78, 5) is 15.6. The molecule has 1 amide bonds. The number of rotatable bonds is 7. The Morgan fingerprint density at radius 1 is 1.26 bits per heavy atom. The van der Waals surface area contributed by atoms with Crippen molar-refractivity contribution >= 4 is 31.7 Å². The first-order valence-electron chi connectivity index (χ1n) is 8.55. The Bertz CT molecular complexity index is 1250. The zero-order valence-electron chi connectivity index (χ0n) is 15.8. The highest BCUT2D eigenvalue weighted by atomic mass is 79.9. The third-order valence-corrected chi connectivity index (χ3v) is 5.84. The van der Waals surface area contributed by atoms with E-state index in [0.29, 0.717) is 5.56 Å². The summed E-state index contributed by atoms with van der Waals surface area (Å²) in [6.45, 7) is -0.692. The van der Waals surface area contributed by atoms with Crippen molar-refractivity contribution in [1.29, 1.82) is 0 Å². The zero-order valence-corrected chi connectivity index (χ0v) is 18.2. The first-order valence-corrected chi connectivity index (χ1v) is 11.2. The highest BCUT2D eigenvalue weighted by molar-refractivity contribution is 9.10. The largest absolute Gasteiger partial charge is 0.475 e. The van der Waals surface area contributed by atoms with Gasteiger partial charge >= 0.3 is 0 Å². The number of sulfone groups is 1. The molecule has 3 aromatic rings. The second-order valence-electron chi connectivity index (χ2n) is 6.36. The number of oxazole rings is 1. The molecule has 164 valence electrons. The Morgan fingerprint density at radius 3 is 2.45 bits per heavy atom. The van der Waals surface area contributed by atoms with E-state index in [2.05, 4.69) is 20.9 Å². The number of aliphatic hydroxyl groups excluding tert-OH is 1. The smallest absolute Gasteiger partial charge is 0.254 e. The van der Waals surface area contributed by atoms with Gasteiger partial charge in [-0.1, -0.05) is 12.1 Å². The number of ether oxygens (including phenoxy) is 1. The quantitative estimate of drug-likeness (QED) is 0.493. The van der Waals surface area contributed by atoms with Crippen LogP contribution >= 0.6 is 15.9 Å². The van der Waals surface area contributed by atoms with E-state index in [1.165, 1.54) is 24.3 Å². The number of amides is 1. The Kier molecular flexibility index (Phi) is 6.43. The molecule has 12 heteroatoms. The Labute approximate surface area is 183 Å². The van der Waals surface area contributed by atoms with Crippen molar-refractivity contribution in [3.05, 3.63) is 64.2 Å². The van der Waals surface area contributed by atoms with Gasteiger partial charge in [-0.3, -0.25) is 4.79 Å². The van der Waals surface area contributed by atoms with E-state index in [9.17, 15) is 27.1 Å². The lowest BCUT2D eigenvalue weighted by Crippen LogP contribution is -2.18. The molecule has 1 heterocycles. The van der Waals surface area contributed by atoms with Crippen molar-refractivity contribution in [3.8, 4) is 17.0 Å². The molecule has 0 aliphatic heterocycles. The van der Waals surface area contributed by atoms with Gasteiger partial charge in [0.15, 0.2) is 32.2 Å². The fourth-order valence-corrected chi connectivity index (χ4v) is 3.78. The molecule has 0 saturated heterocycles. The molecule has 31 heavy (non-hydrogen) atoms. The summed E-state index contributed by atoms with van der Waals surface area (Å²) in [5.74, 6) is -4.49. The van der Waals surface area contributed by atoms with Crippen molar-refractivity contribution in [2.24, 2.45) is 5.73 Å². The maximum Gasteiger partial charge on any atom is 0.254 e. The third kappa shape index (κ3) is 4.75. The number of benzene rings is 2. The molecule has 8 nitrogen and oxygen atoms in total. The first-order chi connectivity index (χ1) is 14.5. The summed E-state index contributed by atoms with van der Waals surface area (Å²) in [6.07, 6.45) is -0.228. The van der Waals surface area contributed by atoms with Crippen LogP contribution in [0.15, 0.2) is 50.4 Å². The van der Waals surface area contributed by atoms with E-state index in [4.69, 9.17) is 14.9 Å². The van der Waals surface area contributed by atoms with Crippen molar-refractivity contribution in [2.75, 3.05) is 12.9 Å². The van der Waals surface area contributed by atoms with Gasteiger partial charge in [0.25, 0.3) is 5.91 Å². The molecule has 2 aromatic carbocycles. The van der Waals surface area contributed by atoms with Crippen molar-refractivity contribution in [3.63, 3.8) is 0 Å². The number of hydrogen-bond donors (Lipinski definition) is 2. The van der Waals surface area contributed by atoms with Gasteiger partial charge in [0, 0.05) is 11.8 Å². The molecule has 3 N–H and O–H groups in total. The van der Waals surface area contributed by atoms with Gasteiger partial charge in [0.1, 0.15) is 17.1 Å². The second kappa shape index (κ2) is 8.73. The molecule has 0 radical (unpaired) electrons. The standard InChI is InChI=1S/C19H15BrF2N2O6S/c1-31(27,28)10-4-2-9(3-5-10)16-17(20)30-19(24-16)13(8-25)29-12-7-6-11(21)14(15(12)22)18(23)26/h2-7,13,25H,8H2,1H3,(H2,23,26). The summed E-state index contributed by atoms with van der Waals surface area (Å²) in [5, 5.41) is 9.67. The zero-order chi connectivity index (χ0) is 22.9. The van der Waals surface area contributed by atoms with Crippen LogP contribution in [-0.4, -0.2) is 37.3 Å². The normalized spacial score (nSPS) is 12.5. The van der Waals surface area contributed by atoms with Gasteiger partial charge in [-0.15, -0.1) is 0 Å². The number of halogens is 3. The molecule has 0 fully saturated rings. The molecule has 0 aliphatic rings. The topological polar surface area (TPSA) is 133 Å². The number of aliphatic hydroxyl groups is 1. The van der Waals surface area contributed by atoms with Crippen molar-refractivity contribution < 1.29 is 36.3 Å². The molecule has 0 saturated carbocycles. The number of hydrogen-bond acceptors (Lipinski definition) is 7. The Hall–Kier alpha value is -2.83. The SMILES string of the molecule is CS(=O)(=O)c1ccc(-c2nc(C(CO)Oc3ccc(F)c(C(N)=O)c3F)oc2Br)cc1. The van der Waals surface area contributed by atoms with E-state index in [0.717, 1.165) is 18.4 Å². The van der Waals surface area contributed by atoms with Gasteiger partial charge < -0.3 is 20.0 Å². The van der Waals surface area contributed by atoms with Gasteiger partial charge in [-0.2, -0.15) is 0 Å². The van der Waals surface area contributed by atoms with E-state index >= 15 is 0 Å². The predicted octanol–water partition coefficient (Wildman–Crippen LogP) is 3.00. The van der Waals surface area contributed by atoms with Gasteiger partial charge in [-0.05, 0) is 40.2 Å². The van der Waals surface area contributed by atoms with Gasteiger partial charge in [0.05, 0.1) is 11.5 Å². The van der Waals surface area contributed by atoms with E-state index in [1.807, 2.05) is 0 Å². The molecule has 0 bridgehead atoms. The summed E-state index contributed by atoms with van der Waals surface area (Å²) < 4.78 is 62.2. The van der Waals surface area contributed by atoms with Crippen LogP contribution in [0.25, 0.3) is 11.3 Å². The molecule has 3 rings (SSSR count). The average Bonchev–Trinajstić information content (AvgIpc) is 3.08. The van der Waals surface area contributed by atoms with Crippen molar-refractivity contribution in [2.45, 2.75) is 11.0 Å². The number of primary amides is 1. The third-order valence-electron chi connectivity index (χ3n) is 4.17. The lowest BCUT2D eigenvalue weighted by atomic mass is 10.1. The summed E-state index contributed by atoms with van der Waals surface area (Å²) >= 11 is 3.18. The minimum atomic E-state index is -3.38. The Morgan fingerprint density at radius 2 is 1.90 bits per heavy atom. The van der Waals surface area contributed by atoms with Gasteiger partial charge in [0.2, 0.25) is 5.89 Å². The fraction of sp³-hybridized carbons (Fsp3) is 0.158. The maximum absolute atomic E-state index is 14.4. The number of carbonyl (C=O) groups excluding carboxylic acids is 1. The summed E-state index contributed by atoms with van der Waals surface area (Å²) in [6, 6.07) is 7.54. The lowest BCUT2D eigenvalue weighted by Gasteiger charge is -2.15. The fourth-order valence-electron chi connectivity index (χ4n) is 2.66. The molecule has 0 spiro atoms. The average molecular weight is 517 g/mol. The van der Waals surface area contributed by atoms with E-state index in [1.54, 1.807) is 0 Å². The second-order valence-corrected chi connectivity index (χ2v) is 9.09. The van der Waals surface area contributed by atoms with Crippen LogP contribution in [0, 0.1) is 11.6 Å². The molecule has 1 aromatic heterocycles.